The van der Waals surface area contributed by atoms with E-state index in [4.69, 9.17) is 33.7 Å². The third-order valence-corrected chi connectivity index (χ3v) is 16.9. The fraction of sp³-hybridized carbons (Fsp3) is 0.400. The van der Waals surface area contributed by atoms with E-state index in [9.17, 15) is 30.4 Å². The predicted molar refractivity (Wildman–Crippen MR) is 249 cm³/mol. The summed E-state index contributed by atoms with van der Waals surface area (Å²) in [7, 11) is -10.6. The van der Waals surface area contributed by atoms with Crippen LogP contribution in [0.1, 0.15) is 66.4 Å². The average Bonchev–Trinajstić information content (AvgIpc) is 3.27. The summed E-state index contributed by atoms with van der Waals surface area (Å²) in [6.45, 7) is 8.51. The summed E-state index contributed by atoms with van der Waals surface area (Å²) in [6.07, 6.45) is 4.77. The molecule has 4 aromatic carbocycles. The molecule has 3 N–H and O–H groups in total. The highest BCUT2D eigenvalue weighted by molar-refractivity contribution is 7.99. The van der Waals surface area contributed by atoms with Crippen LogP contribution in [0.5, 0.6) is 0 Å². The first-order valence-corrected chi connectivity index (χ1v) is 25.7. The Hall–Kier alpha value is -3.90. The third-order valence-electron chi connectivity index (χ3n) is 11.9. The number of amides is 1. The van der Waals surface area contributed by atoms with Gasteiger partial charge in [0.25, 0.3) is 25.8 Å². The van der Waals surface area contributed by atoms with Crippen LogP contribution in [0.25, 0.3) is 5.57 Å². The van der Waals surface area contributed by atoms with Gasteiger partial charge in [0.2, 0.25) is 0 Å². The molecule has 0 aromatic heterocycles. The van der Waals surface area contributed by atoms with E-state index in [1.807, 2.05) is 41.1 Å². The Kier molecular flexibility index (Phi) is 15.0. The van der Waals surface area contributed by atoms with Gasteiger partial charge in [0.1, 0.15) is 9.79 Å². The summed E-state index contributed by atoms with van der Waals surface area (Å²) in [6, 6.07) is 24.5. The predicted octanol–water partition coefficient (Wildman–Crippen LogP) is 8.88. The molecule has 0 saturated carbocycles. The minimum atomic E-state index is -5.71. The van der Waals surface area contributed by atoms with Crippen LogP contribution in [0.2, 0.25) is 5.02 Å². The number of anilines is 3. The fourth-order valence-corrected chi connectivity index (χ4v) is 12.3. The van der Waals surface area contributed by atoms with Gasteiger partial charge in [-0.15, -0.1) is 11.8 Å². The van der Waals surface area contributed by atoms with E-state index in [-0.39, 0.29) is 16.9 Å². The van der Waals surface area contributed by atoms with Crippen molar-refractivity contribution < 1.29 is 35.1 Å². The number of morpholine rings is 1. The van der Waals surface area contributed by atoms with Gasteiger partial charge in [-0.05, 0) is 127 Å². The number of ether oxygens (including phenoxy) is 1. The zero-order valence-electron chi connectivity index (χ0n) is 34.9. The first-order chi connectivity index (χ1) is 30.1. The Balaban J connectivity index is 1.03. The number of nitrogens with two attached hydrogens (primary N) is 1. The Morgan fingerprint density at radius 2 is 1.54 bits per heavy atom. The second-order valence-corrected chi connectivity index (χ2v) is 21.7. The van der Waals surface area contributed by atoms with Crippen molar-refractivity contribution in [3.8, 4) is 0 Å². The molecular formula is C45H51Cl2F2N5O6S3. The quantitative estimate of drug-likeness (QED) is 0.0671. The maximum absolute atomic E-state index is 14.7. The summed E-state index contributed by atoms with van der Waals surface area (Å²) < 4.78 is 86.2. The van der Waals surface area contributed by atoms with Crippen LogP contribution < -0.4 is 20.3 Å². The summed E-state index contributed by atoms with van der Waals surface area (Å²) in [5, 5.41) is 0.722. The number of nitrogens with one attached hydrogen (secondary N) is 1. The first kappa shape index (κ1) is 47.1. The smallest absolute Gasteiger partial charge is 0.397 e. The van der Waals surface area contributed by atoms with Gasteiger partial charge >= 0.3 is 4.71 Å². The van der Waals surface area contributed by atoms with Gasteiger partial charge < -0.3 is 20.3 Å². The van der Waals surface area contributed by atoms with Crippen molar-refractivity contribution >= 4 is 83.4 Å². The molecule has 7 rings (SSSR count). The van der Waals surface area contributed by atoms with E-state index in [1.54, 1.807) is 19.1 Å². The number of benzene rings is 4. The van der Waals surface area contributed by atoms with Crippen molar-refractivity contribution in [2.24, 2.45) is 0 Å². The van der Waals surface area contributed by atoms with Crippen LogP contribution in [0.3, 0.4) is 0 Å². The summed E-state index contributed by atoms with van der Waals surface area (Å²) in [5.41, 5.74) is 11.1. The summed E-state index contributed by atoms with van der Waals surface area (Å²) >= 11 is 12.7. The highest BCUT2D eigenvalue weighted by Crippen LogP contribution is 2.44. The van der Waals surface area contributed by atoms with Gasteiger partial charge in [-0.3, -0.25) is 9.69 Å². The highest BCUT2D eigenvalue weighted by atomic mass is 35.5. The van der Waals surface area contributed by atoms with Crippen LogP contribution in [0.15, 0.2) is 105 Å². The number of carbonyl (C=O) groups is 1. The zero-order valence-corrected chi connectivity index (χ0v) is 38.8. The number of hydrogen-bond acceptors (Lipinski definition) is 11. The second kappa shape index (κ2) is 20.1. The number of halogens is 4. The number of rotatable bonds is 15. The topological polar surface area (TPSA) is 142 Å². The van der Waals surface area contributed by atoms with Gasteiger partial charge in [-0.2, -0.15) is 8.78 Å². The Morgan fingerprint density at radius 1 is 0.873 bits per heavy atom. The lowest BCUT2D eigenvalue weighted by Gasteiger charge is -2.37. The fourth-order valence-electron chi connectivity index (χ4n) is 8.42. The average molecular weight is 963 g/mol. The molecule has 0 bridgehead atoms. The van der Waals surface area contributed by atoms with Crippen LogP contribution in [0, 0.1) is 0 Å². The number of piperazine rings is 1. The Labute approximate surface area is 382 Å². The molecule has 1 amide bonds. The largest absolute Gasteiger partial charge is 0.427 e. The number of nitrogens with zero attached hydrogens (tertiary/aromatic N) is 3. The second-order valence-electron chi connectivity index (χ2n) is 15.9. The number of alkyl halides is 3. The molecule has 2 heterocycles. The van der Waals surface area contributed by atoms with Crippen molar-refractivity contribution in [3.05, 3.63) is 112 Å². The maximum Gasteiger partial charge on any atom is 0.427 e. The number of hydrogen-bond donors (Lipinski definition) is 2. The number of sulfone groups is 1. The van der Waals surface area contributed by atoms with E-state index >= 15 is 0 Å². The molecule has 0 spiro atoms. The third kappa shape index (κ3) is 11.0. The van der Waals surface area contributed by atoms with Crippen molar-refractivity contribution in [2.45, 2.75) is 64.3 Å². The van der Waals surface area contributed by atoms with E-state index in [2.05, 4.69) is 26.8 Å². The lowest BCUT2D eigenvalue weighted by molar-refractivity contribution is 0.0981. The van der Waals surface area contributed by atoms with Crippen LogP contribution in [0.4, 0.5) is 25.8 Å². The van der Waals surface area contributed by atoms with Gasteiger partial charge in [0.15, 0.2) is 0 Å². The molecule has 1 aliphatic carbocycles. The number of sulfonamides is 1. The lowest BCUT2D eigenvalue weighted by atomic mass is 9.87. The van der Waals surface area contributed by atoms with Crippen molar-refractivity contribution in [1.82, 2.24) is 9.62 Å². The van der Waals surface area contributed by atoms with E-state index in [1.165, 1.54) is 53.4 Å². The molecule has 1 atom stereocenters. The molecule has 63 heavy (non-hydrogen) atoms. The molecule has 338 valence electrons. The molecule has 2 fully saturated rings. The van der Waals surface area contributed by atoms with Crippen LogP contribution >= 0.6 is 35.0 Å². The molecule has 11 nitrogen and oxygen atoms in total. The summed E-state index contributed by atoms with van der Waals surface area (Å²) in [5.74, 6) is -1.43. The van der Waals surface area contributed by atoms with Gasteiger partial charge in [0.05, 0.1) is 18.9 Å². The highest BCUT2D eigenvalue weighted by Gasteiger charge is 2.48. The van der Waals surface area contributed by atoms with E-state index < -0.39 is 51.9 Å². The van der Waals surface area contributed by atoms with E-state index in [0.717, 1.165) is 92.1 Å². The first-order valence-electron chi connectivity index (χ1n) is 21.0. The molecule has 3 aliphatic rings. The normalized spacial score (nSPS) is 17.5. The molecule has 2 saturated heterocycles. The van der Waals surface area contributed by atoms with Gasteiger partial charge in [-0.25, -0.2) is 21.6 Å². The molecule has 0 unspecified atom stereocenters. The molecule has 0 radical (unpaired) electrons. The SMILES string of the molecule is CC[C@@H](CSc1cccc(N2CCOCC2)c1)c1ccc(S(=O)(=O)NC(=O)c2ccc(N3CCN(CC4=C(c5ccc(Cl)cc5)CCCC4)CC3)cc2)c(N)c1S(=O)(=O)C(F)(F)Cl. The van der Waals surface area contributed by atoms with Crippen LogP contribution in [-0.4, -0.2) is 97.1 Å². The van der Waals surface area contributed by atoms with Crippen molar-refractivity contribution in [3.63, 3.8) is 0 Å². The van der Waals surface area contributed by atoms with Gasteiger partial charge in [0, 0.05) is 78.4 Å². The zero-order chi connectivity index (χ0) is 44.9. The molecule has 4 aromatic rings. The number of thioether (sulfide) groups is 1. The number of allylic oxidation sites excluding steroid dienone is 1. The van der Waals surface area contributed by atoms with Crippen molar-refractivity contribution in [2.75, 3.05) is 80.3 Å². The monoisotopic (exact) mass is 961 g/mol. The molecular weight excluding hydrogens is 912 g/mol. The minimum Gasteiger partial charge on any atom is -0.397 e. The maximum atomic E-state index is 14.7. The standard InChI is InChI=1S/C45H51Cl2F2N5O6S3/c1-2-31(30-61-38-8-5-7-37(28-38)54-24-26-60-27-25-54)40-18-19-41(42(50)43(40)62(56,57)45(47,48)49)63(58,59)51-44(55)33-12-16-36(17-13-33)53-22-20-52(21-23-53)29-34-6-3-4-9-39(34)32-10-14-35(46)15-11-32/h5,7-8,10-19,28,31H,2-4,6,9,20-27,29-30,50H2,1H3,(H,51,55)/t31-/m0/s1. The number of nitrogen functional groups attached to an aromatic ring is 1. The van der Waals surface area contributed by atoms with Crippen LogP contribution in [-0.2, 0) is 24.6 Å². The molecule has 18 heteroatoms. The Morgan fingerprint density at radius 3 is 2.21 bits per heavy atom. The van der Waals surface area contributed by atoms with E-state index in [0.29, 0.717) is 19.6 Å². The molecule has 2 aliphatic heterocycles. The minimum absolute atomic E-state index is 0.0102. The van der Waals surface area contributed by atoms with Crippen molar-refractivity contribution in [1.29, 1.82) is 0 Å². The lowest BCUT2D eigenvalue weighted by Crippen LogP contribution is -2.47. The Bertz CT molecular complexity index is 2530. The number of carbonyl (C=O) groups excluding carboxylic acids is 1. The van der Waals surface area contributed by atoms with Gasteiger partial charge in [-0.1, -0.05) is 48.4 Å². The summed E-state index contributed by atoms with van der Waals surface area (Å²) in [4.78, 5) is 19.2.